The van der Waals surface area contributed by atoms with Crippen LogP contribution in [-0.2, 0) is 16.1 Å². The number of carbonyl (C=O) groups is 2. The number of ether oxygens (including phenoxy) is 1. The second kappa shape index (κ2) is 10.1. The van der Waals surface area contributed by atoms with Crippen molar-refractivity contribution in [1.29, 1.82) is 0 Å². The zero-order valence-electron chi connectivity index (χ0n) is 19.5. The molecule has 0 aliphatic carbocycles. The molecular formula is C26H32N4O3. The lowest BCUT2D eigenvalue weighted by Crippen LogP contribution is -2.48. The second-order valence-corrected chi connectivity index (χ2v) is 8.87. The summed E-state index contributed by atoms with van der Waals surface area (Å²) in [6.45, 7) is 5.15. The van der Waals surface area contributed by atoms with Gasteiger partial charge in [0.25, 0.3) is 5.91 Å². The molecule has 2 heterocycles. The molecule has 2 aliphatic heterocycles. The summed E-state index contributed by atoms with van der Waals surface area (Å²) in [6, 6.07) is 16.0. The Bertz CT molecular complexity index is 1020. The van der Waals surface area contributed by atoms with Gasteiger partial charge >= 0.3 is 0 Å². The molecule has 7 nitrogen and oxygen atoms in total. The monoisotopic (exact) mass is 448 g/mol. The highest BCUT2D eigenvalue weighted by molar-refractivity contribution is 5.85. The van der Waals surface area contributed by atoms with Gasteiger partial charge in [0.05, 0.1) is 13.2 Å². The molecule has 0 radical (unpaired) electrons. The Morgan fingerprint density at radius 1 is 1.18 bits per heavy atom. The predicted octanol–water partition coefficient (Wildman–Crippen LogP) is 3.46. The van der Waals surface area contributed by atoms with E-state index in [0.717, 1.165) is 11.3 Å². The number of fused-ring (bicyclic) bond motifs is 1. The molecule has 0 bridgehead atoms. The number of hydrogen-bond acceptors (Lipinski definition) is 5. The summed E-state index contributed by atoms with van der Waals surface area (Å²) in [4.78, 5) is 27.0. The van der Waals surface area contributed by atoms with Gasteiger partial charge in [-0.05, 0) is 41.2 Å². The van der Waals surface area contributed by atoms with Crippen molar-refractivity contribution in [2.45, 2.75) is 51.2 Å². The Morgan fingerprint density at radius 2 is 1.97 bits per heavy atom. The molecule has 2 unspecified atom stereocenters. The first-order chi connectivity index (χ1) is 15.9. The molecule has 2 amide bonds. The molecule has 2 atom stereocenters. The van der Waals surface area contributed by atoms with Crippen molar-refractivity contribution in [2.75, 3.05) is 13.7 Å². The number of hydrazine groups is 1. The van der Waals surface area contributed by atoms with E-state index in [2.05, 4.69) is 48.9 Å². The quantitative estimate of drug-likeness (QED) is 0.647. The first kappa shape index (κ1) is 22.9. The van der Waals surface area contributed by atoms with Gasteiger partial charge in [-0.3, -0.25) is 9.59 Å². The molecule has 2 aromatic rings. The minimum atomic E-state index is -0.260. The molecule has 1 saturated heterocycles. The summed E-state index contributed by atoms with van der Waals surface area (Å²) >= 11 is 0. The van der Waals surface area contributed by atoms with Crippen molar-refractivity contribution in [3.05, 3.63) is 77.6 Å². The highest BCUT2D eigenvalue weighted by atomic mass is 16.5. The van der Waals surface area contributed by atoms with Crippen molar-refractivity contribution in [2.24, 2.45) is 0 Å². The van der Waals surface area contributed by atoms with Crippen LogP contribution in [0.4, 0.5) is 0 Å². The van der Waals surface area contributed by atoms with Crippen molar-refractivity contribution in [3.63, 3.8) is 0 Å². The van der Waals surface area contributed by atoms with Crippen LogP contribution in [0, 0.1) is 0 Å². The zero-order chi connectivity index (χ0) is 23.4. The molecule has 174 valence electrons. The second-order valence-electron chi connectivity index (χ2n) is 8.87. The summed E-state index contributed by atoms with van der Waals surface area (Å²) < 4.78 is 5.21. The fraction of sp³-hybridized carbons (Fsp3) is 0.385. The van der Waals surface area contributed by atoms with E-state index in [1.165, 1.54) is 11.1 Å². The number of hydrogen-bond donors (Lipinski definition) is 2. The number of carbonyl (C=O) groups excluding carboxylic acids is 2. The van der Waals surface area contributed by atoms with E-state index in [1.54, 1.807) is 18.2 Å². The average molecular weight is 449 g/mol. The van der Waals surface area contributed by atoms with Crippen LogP contribution in [0.3, 0.4) is 0 Å². The van der Waals surface area contributed by atoms with Crippen molar-refractivity contribution < 1.29 is 14.3 Å². The van der Waals surface area contributed by atoms with Crippen LogP contribution in [0.15, 0.2) is 60.9 Å². The van der Waals surface area contributed by atoms with Crippen LogP contribution in [0.25, 0.3) is 0 Å². The Morgan fingerprint density at radius 3 is 2.70 bits per heavy atom. The van der Waals surface area contributed by atoms with Gasteiger partial charge in [0.2, 0.25) is 5.91 Å². The molecule has 0 spiro atoms. The summed E-state index contributed by atoms with van der Waals surface area (Å²) in [7, 11) is 1.62. The third kappa shape index (κ3) is 5.37. The minimum absolute atomic E-state index is 0.0203. The zero-order valence-corrected chi connectivity index (χ0v) is 19.5. The Labute approximate surface area is 195 Å². The van der Waals surface area contributed by atoms with Gasteiger partial charge in [0, 0.05) is 31.9 Å². The molecule has 1 fully saturated rings. The summed E-state index contributed by atoms with van der Waals surface area (Å²) in [5.74, 6) is 1.18. The normalized spacial score (nSPS) is 19.7. The largest absolute Gasteiger partial charge is 0.497 e. The number of nitrogens with zero attached hydrogens (tertiary/aromatic N) is 2. The van der Waals surface area contributed by atoms with Gasteiger partial charge in [-0.25, -0.2) is 5.43 Å². The summed E-state index contributed by atoms with van der Waals surface area (Å²) in [6.07, 6.45) is 4.59. The van der Waals surface area contributed by atoms with E-state index in [9.17, 15) is 9.59 Å². The molecule has 33 heavy (non-hydrogen) atoms. The molecule has 4 rings (SSSR count). The minimum Gasteiger partial charge on any atom is -0.497 e. The molecule has 2 aliphatic rings. The number of amides is 2. The van der Waals surface area contributed by atoms with E-state index < -0.39 is 0 Å². The third-order valence-electron chi connectivity index (χ3n) is 6.28. The number of benzene rings is 2. The molecule has 0 saturated carbocycles. The molecule has 7 heteroatoms. The molecule has 2 aromatic carbocycles. The lowest BCUT2D eigenvalue weighted by molar-refractivity contribution is -0.134. The topological polar surface area (TPSA) is 73.9 Å². The maximum atomic E-state index is 13.0. The van der Waals surface area contributed by atoms with Crippen LogP contribution >= 0.6 is 0 Å². The fourth-order valence-electron chi connectivity index (χ4n) is 4.25. The number of nitrogens with one attached hydrogen (secondary N) is 2. The maximum absolute atomic E-state index is 13.0. The average Bonchev–Trinajstić information content (AvgIpc) is 3.28. The molecule has 0 aromatic heterocycles. The van der Waals surface area contributed by atoms with E-state index in [0.29, 0.717) is 25.4 Å². The van der Waals surface area contributed by atoms with Crippen LogP contribution in [0.2, 0.25) is 0 Å². The van der Waals surface area contributed by atoms with Gasteiger partial charge in [-0.2, -0.15) is 0 Å². The SMILES string of the molecule is COc1cccc(CNC(=O)CCN2C=CN3NC(c4ccc(C(C)C)cc4)CC3C2=O)c1. The van der Waals surface area contributed by atoms with E-state index in [4.69, 9.17) is 4.74 Å². The van der Waals surface area contributed by atoms with Crippen molar-refractivity contribution in [1.82, 2.24) is 20.7 Å². The van der Waals surface area contributed by atoms with Gasteiger partial charge in [-0.1, -0.05) is 50.2 Å². The van der Waals surface area contributed by atoms with Gasteiger partial charge < -0.3 is 20.0 Å². The Balaban J connectivity index is 1.28. The summed E-state index contributed by atoms with van der Waals surface area (Å²) in [5, 5.41) is 4.80. The van der Waals surface area contributed by atoms with E-state index in [1.807, 2.05) is 35.5 Å². The number of methoxy groups -OCH3 is 1. The van der Waals surface area contributed by atoms with E-state index >= 15 is 0 Å². The first-order valence-corrected chi connectivity index (χ1v) is 11.5. The van der Waals surface area contributed by atoms with Gasteiger partial charge in [0.15, 0.2) is 0 Å². The van der Waals surface area contributed by atoms with Crippen LogP contribution in [-0.4, -0.2) is 41.4 Å². The van der Waals surface area contributed by atoms with Crippen LogP contribution in [0.1, 0.15) is 55.3 Å². The van der Waals surface area contributed by atoms with Crippen molar-refractivity contribution in [3.8, 4) is 5.75 Å². The Kier molecular flexibility index (Phi) is 6.99. The maximum Gasteiger partial charge on any atom is 0.250 e. The lowest BCUT2D eigenvalue weighted by atomic mass is 9.97. The highest BCUT2D eigenvalue weighted by Gasteiger charge is 2.39. The Hall–Kier alpha value is -3.32. The van der Waals surface area contributed by atoms with Gasteiger partial charge in [-0.15, -0.1) is 0 Å². The van der Waals surface area contributed by atoms with Crippen LogP contribution < -0.4 is 15.5 Å². The standard InChI is InChI=1S/C26H32N4O3/c1-18(2)20-7-9-21(10-8-20)23-16-24-26(32)29(13-14-30(24)28-23)12-11-25(31)27-17-19-5-4-6-22(15-19)33-3/h4-10,13-15,18,23-24,28H,11-12,16-17H2,1-3H3,(H,27,31). The fourth-order valence-corrected chi connectivity index (χ4v) is 4.25. The third-order valence-corrected chi connectivity index (χ3v) is 6.28. The number of rotatable bonds is 8. The molecular weight excluding hydrogens is 416 g/mol. The summed E-state index contributed by atoms with van der Waals surface area (Å²) in [5.41, 5.74) is 6.89. The lowest BCUT2D eigenvalue weighted by Gasteiger charge is -2.31. The van der Waals surface area contributed by atoms with Crippen molar-refractivity contribution >= 4 is 11.8 Å². The predicted molar refractivity (Wildman–Crippen MR) is 127 cm³/mol. The van der Waals surface area contributed by atoms with Crippen LogP contribution in [0.5, 0.6) is 5.75 Å². The van der Waals surface area contributed by atoms with E-state index in [-0.39, 0.29) is 30.3 Å². The first-order valence-electron chi connectivity index (χ1n) is 11.5. The van der Waals surface area contributed by atoms with Gasteiger partial charge in [0.1, 0.15) is 11.8 Å². The highest BCUT2D eigenvalue weighted by Crippen LogP contribution is 2.31. The molecule has 2 N–H and O–H groups in total. The smallest absolute Gasteiger partial charge is 0.250 e.